The van der Waals surface area contributed by atoms with Crippen LogP contribution >= 0.6 is 0 Å². The molecule has 2 aromatic rings. The molecule has 2 aliphatic heterocycles. The van der Waals surface area contributed by atoms with Gasteiger partial charge in [-0.05, 0) is 12.1 Å². The van der Waals surface area contributed by atoms with Gasteiger partial charge in [-0.1, -0.05) is 20.8 Å². The molecule has 0 aromatic carbocycles. The summed E-state index contributed by atoms with van der Waals surface area (Å²) in [4.78, 5) is 18.0. The molecule has 2 saturated heterocycles. The van der Waals surface area contributed by atoms with E-state index in [-0.39, 0.29) is 5.41 Å². The maximum absolute atomic E-state index is 9.33. The lowest BCUT2D eigenvalue weighted by Crippen LogP contribution is -2.30. The smallest absolute Gasteiger partial charge is 0.146 e. The molecule has 6 nitrogen and oxygen atoms in total. The second-order valence-electron chi connectivity index (χ2n) is 8.33. The molecule has 2 atom stereocenters. The molecular weight excluding hydrogens is 324 g/mol. The van der Waals surface area contributed by atoms with Crippen molar-refractivity contribution in [1.29, 1.82) is 5.26 Å². The van der Waals surface area contributed by atoms with Crippen LogP contribution in [0.2, 0.25) is 0 Å². The van der Waals surface area contributed by atoms with E-state index in [2.05, 4.69) is 57.7 Å². The fourth-order valence-electron chi connectivity index (χ4n) is 4.02. The minimum Gasteiger partial charge on any atom is -0.356 e. The highest BCUT2D eigenvalue weighted by Crippen LogP contribution is 2.36. The van der Waals surface area contributed by atoms with Gasteiger partial charge in [0.1, 0.15) is 24.0 Å². The largest absolute Gasteiger partial charge is 0.356 e. The third kappa shape index (κ3) is 2.98. The Balaban J connectivity index is 1.48. The molecule has 0 aliphatic carbocycles. The molecule has 2 fully saturated rings. The van der Waals surface area contributed by atoms with Gasteiger partial charge in [-0.3, -0.25) is 0 Å². The first-order valence-electron chi connectivity index (χ1n) is 9.13. The molecule has 2 unspecified atom stereocenters. The lowest BCUT2D eigenvalue weighted by Gasteiger charge is -2.25. The number of hydrogen-bond donors (Lipinski definition) is 0. The van der Waals surface area contributed by atoms with E-state index in [1.807, 2.05) is 12.1 Å². The standard InChI is InChI=1S/C20H24N6/c1-20(2,3)17-7-18(24-13-23-17)25-9-15-11-26(12-16(15)10-25)19-14(8-21)5-4-6-22-19/h4-7,13,15-16H,9-12H2,1-3H3. The van der Waals surface area contributed by atoms with Crippen molar-refractivity contribution >= 4 is 11.6 Å². The first-order valence-corrected chi connectivity index (χ1v) is 9.13. The van der Waals surface area contributed by atoms with Crippen molar-refractivity contribution in [3.05, 3.63) is 42.0 Å². The van der Waals surface area contributed by atoms with E-state index in [1.54, 1.807) is 12.5 Å². The highest BCUT2D eigenvalue weighted by atomic mass is 15.3. The van der Waals surface area contributed by atoms with E-state index in [1.165, 1.54) is 0 Å². The summed E-state index contributed by atoms with van der Waals surface area (Å²) in [6.45, 7) is 10.4. The molecule has 134 valence electrons. The van der Waals surface area contributed by atoms with Crippen molar-refractivity contribution in [2.45, 2.75) is 26.2 Å². The summed E-state index contributed by atoms with van der Waals surface area (Å²) in [6, 6.07) is 8.06. The summed E-state index contributed by atoms with van der Waals surface area (Å²) in [5, 5.41) is 9.33. The quantitative estimate of drug-likeness (QED) is 0.831. The van der Waals surface area contributed by atoms with Crippen molar-refractivity contribution in [3.8, 4) is 6.07 Å². The third-order valence-electron chi connectivity index (χ3n) is 5.44. The van der Waals surface area contributed by atoms with Crippen LogP contribution in [0.4, 0.5) is 11.6 Å². The van der Waals surface area contributed by atoms with Gasteiger partial charge in [-0.2, -0.15) is 5.26 Å². The normalized spacial score (nSPS) is 22.4. The number of rotatable bonds is 2. The summed E-state index contributed by atoms with van der Waals surface area (Å²) in [6.07, 6.45) is 3.45. The average Bonchev–Trinajstić information content (AvgIpc) is 3.20. The Hall–Kier alpha value is -2.68. The number of anilines is 2. The Labute approximate surface area is 154 Å². The van der Waals surface area contributed by atoms with Crippen LogP contribution in [0, 0.1) is 23.2 Å². The van der Waals surface area contributed by atoms with Crippen LogP contribution in [-0.4, -0.2) is 41.1 Å². The predicted octanol–water partition coefficient (Wildman–Crippen LogP) is 2.61. The van der Waals surface area contributed by atoms with Crippen molar-refractivity contribution < 1.29 is 0 Å². The Kier molecular flexibility index (Phi) is 4.03. The molecule has 0 N–H and O–H groups in total. The average molecular weight is 348 g/mol. The number of hydrogen-bond acceptors (Lipinski definition) is 6. The third-order valence-corrected chi connectivity index (χ3v) is 5.44. The molecule has 4 heterocycles. The zero-order chi connectivity index (χ0) is 18.3. The molecule has 0 radical (unpaired) electrons. The minimum absolute atomic E-state index is 0.0246. The van der Waals surface area contributed by atoms with Gasteiger partial charge < -0.3 is 9.80 Å². The number of fused-ring (bicyclic) bond motifs is 1. The van der Waals surface area contributed by atoms with Crippen molar-refractivity contribution in [2.24, 2.45) is 11.8 Å². The van der Waals surface area contributed by atoms with Gasteiger partial charge in [0.05, 0.1) is 11.3 Å². The monoisotopic (exact) mass is 348 g/mol. The molecule has 6 heteroatoms. The number of aromatic nitrogens is 3. The lowest BCUT2D eigenvalue weighted by atomic mass is 9.92. The summed E-state index contributed by atoms with van der Waals surface area (Å²) in [5.74, 6) is 3.02. The van der Waals surface area contributed by atoms with Gasteiger partial charge in [-0.15, -0.1) is 0 Å². The fraction of sp³-hybridized carbons (Fsp3) is 0.500. The van der Waals surface area contributed by atoms with Crippen molar-refractivity contribution in [1.82, 2.24) is 15.0 Å². The topological polar surface area (TPSA) is 68.9 Å². The second kappa shape index (κ2) is 6.24. The Bertz CT molecular complexity index is 836. The maximum atomic E-state index is 9.33. The number of pyridine rings is 1. The van der Waals surface area contributed by atoms with E-state index in [9.17, 15) is 5.26 Å². The molecule has 4 rings (SSSR count). The predicted molar refractivity (Wildman–Crippen MR) is 101 cm³/mol. The fourth-order valence-corrected chi connectivity index (χ4v) is 4.02. The molecule has 2 aromatic heterocycles. The number of nitriles is 1. The van der Waals surface area contributed by atoms with Crippen LogP contribution in [-0.2, 0) is 5.41 Å². The van der Waals surface area contributed by atoms with Crippen LogP contribution in [0.15, 0.2) is 30.7 Å². The van der Waals surface area contributed by atoms with E-state index < -0.39 is 0 Å². The molecule has 0 spiro atoms. The summed E-state index contributed by atoms with van der Waals surface area (Å²) >= 11 is 0. The summed E-state index contributed by atoms with van der Waals surface area (Å²) in [7, 11) is 0. The zero-order valence-corrected chi connectivity index (χ0v) is 15.6. The van der Waals surface area contributed by atoms with E-state index >= 15 is 0 Å². The molecule has 0 bridgehead atoms. The lowest BCUT2D eigenvalue weighted by molar-refractivity contribution is 0.533. The first kappa shape index (κ1) is 16.8. The van der Waals surface area contributed by atoms with Crippen LogP contribution in [0.3, 0.4) is 0 Å². The SMILES string of the molecule is CC(C)(C)c1cc(N2CC3CN(c4ncccc4C#N)CC3C2)ncn1. The van der Waals surface area contributed by atoms with Crippen LogP contribution in [0.5, 0.6) is 0 Å². The summed E-state index contributed by atoms with van der Waals surface area (Å²) < 4.78 is 0. The zero-order valence-electron chi connectivity index (χ0n) is 15.6. The van der Waals surface area contributed by atoms with Gasteiger partial charge in [0.2, 0.25) is 0 Å². The Morgan fingerprint density at radius 2 is 1.73 bits per heavy atom. The van der Waals surface area contributed by atoms with Gasteiger partial charge in [0.15, 0.2) is 0 Å². The van der Waals surface area contributed by atoms with Gasteiger partial charge in [-0.25, -0.2) is 15.0 Å². The molecule has 0 saturated carbocycles. The van der Waals surface area contributed by atoms with Gasteiger partial charge >= 0.3 is 0 Å². The van der Waals surface area contributed by atoms with Gasteiger partial charge in [0.25, 0.3) is 0 Å². The van der Waals surface area contributed by atoms with Crippen LogP contribution in [0.1, 0.15) is 32.0 Å². The Morgan fingerprint density at radius 3 is 2.38 bits per heavy atom. The molecule has 0 amide bonds. The number of nitrogens with zero attached hydrogens (tertiary/aromatic N) is 6. The van der Waals surface area contributed by atoms with E-state index in [0.717, 1.165) is 43.5 Å². The van der Waals surface area contributed by atoms with Gasteiger partial charge in [0, 0.05) is 55.7 Å². The molecule has 2 aliphatic rings. The van der Waals surface area contributed by atoms with Crippen LogP contribution < -0.4 is 9.80 Å². The summed E-state index contributed by atoms with van der Waals surface area (Å²) in [5.41, 5.74) is 1.76. The van der Waals surface area contributed by atoms with Crippen molar-refractivity contribution in [3.63, 3.8) is 0 Å². The minimum atomic E-state index is 0.0246. The van der Waals surface area contributed by atoms with Crippen molar-refractivity contribution in [2.75, 3.05) is 36.0 Å². The van der Waals surface area contributed by atoms with Crippen LogP contribution in [0.25, 0.3) is 0 Å². The van der Waals surface area contributed by atoms with E-state index in [4.69, 9.17) is 0 Å². The van der Waals surface area contributed by atoms with E-state index in [0.29, 0.717) is 17.4 Å². The maximum Gasteiger partial charge on any atom is 0.146 e. The highest BCUT2D eigenvalue weighted by molar-refractivity contribution is 5.55. The Morgan fingerprint density at radius 1 is 1.04 bits per heavy atom. The second-order valence-corrected chi connectivity index (χ2v) is 8.33. The molecule has 26 heavy (non-hydrogen) atoms. The highest BCUT2D eigenvalue weighted by Gasteiger charge is 2.41. The molecular formula is C20H24N6. The first-order chi connectivity index (χ1) is 12.5.